The molecule has 37 heavy (non-hydrogen) atoms. The minimum absolute atomic E-state index is 0. The van der Waals surface area contributed by atoms with E-state index in [2.05, 4.69) is 25.8 Å². The zero-order valence-corrected chi connectivity index (χ0v) is 22.2. The molecular weight excluding hydrogens is 523 g/mol. The van der Waals surface area contributed by atoms with Crippen molar-refractivity contribution < 1.29 is 18.4 Å². The van der Waals surface area contributed by atoms with E-state index in [-0.39, 0.29) is 36.9 Å². The Bertz CT molecular complexity index is 1160. The molecule has 0 aliphatic rings. The molecular formula is C26H31Cl2F2N5O2. The van der Waals surface area contributed by atoms with Gasteiger partial charge in [-0.2, -0.15) is 0 Å². The van der Waals surface area contributed by atoms with Crippen molar-refractivity contribution in [2.24, 2.45) is 0 Å². The number of carbonyl (C=O) groups is 2. The molecule has 200 valence electrons. The van der Waals surface area contributed by atoms with Crippen LogP contribution in [-0.4, -0.2) is 49.0 Å². The number of anilines is 2. The van der Waals surface area contributed by atoms with Crippen LogP contribution in [0.1, 0.15) is 23.1 Å². The molecule has 1 aromatic heterocycles. The number of imide groups is 1. The van der Waals surface area contributed by atoms with E-state index >= 15 is 0 Å². The summed E-state index contributed by atoms with van der Waals surface area (Å²) < 4.78 is 27.6. The van der Waals surface area contributed by atoms with Crippen LogP contribution in [0.5, 0.6) is 0 Å². The molecule has 0 aliphatic heterocycles. The van der Waals surface area contributed by atoms with Crippen LogP contribution in [0.4, 0.5) is 25.1 Å². The molecule has 0 radical (unpaired) electrons. The first-order valence-electron chi connectivity index (χ1n) is 11.3. The summed E-state index contributed by atoms with van der Waals surface area (Å²) in [5, 5.41) is 7.90. The topological polar surface area (TPSA) is 86.4 Å². The van der Waals surface area contributed by atoms with E-state index in [0.29, 0.717) is 17.5 Å². The summed E-state index contributed by atoms with van der Waals surface area (Å²) in [6, 6.07) is 12.7. The molecule has 0 unspecified atom stereocenters. The lowest BCUT2D eigenvalue weighted by Gasteiger charge is -2.11. The molecule has 2 aromatic carbocycles. The molecule has 1 heterocycles. The Morgan fingerprint density at radius 2 is 1.68 bits per heavy atom. The predicted molar refractivity (Wildman–Crippen MR) is 147 cm³/mol. The second-order valence-corrected chi connectivity index (χ2v) is 8.42. The van der Waals surface area contributed by atoms with E-state index in [1.165, 1.54) is 30.3 Å². The molecule has 0 bridgehead atoms. The molecule has 0 aliphatic carbocycles. The third-order valence-electron chi connectivity index (χ3n) is 5.15. The summed E-state index contributed by atoms with van der Waals surface area (Å²) in [6.07, 6.45) is 2.95. The highest BCUT2D eigenvalue weighted by atomic mass is 35.5. The molecule has 3 N–H and O–H groups in total. The van der Waals surface area contributed by atoms with Crippen LogP contribution in [0, 0.1) is 11.6 Å². The van der Waals surface area contributed by atoms with Gasteiger partial charge in [0.25, 0.3) is 0 Å². The fourth-order valence-electron chi connectivity index (χ4n) is 3.40. The third-order valence-corrected chi connectivity index (χ3v) is 5.15. The van der Waals surface area contributed by atoms with Gasteiger partial charge in [0.1, 0.15) is 17.5 Å². The van der Waals surface area contributed by atoms with Gasteiger partial charge in [-0.1, -0.05) is 18.2 Å². The van der Waals surface area contributed by atoms with Gasteiger partial charge < -0.3 is 15.5 Å². The van der Waals surface area contributed by atoms with Gasteiger partial charge in [-0.05, 0) is 80.1 Å². The molecule has 3 amide bonds. The second kappa shape index (κ2) is 15.8. The van der Waals surface area contributed by atoms with Crippen LogP contribution in [0.2, 0.25) is 0 Å². The number of hydrogen-bond donors (Lipinski definition) is 3. The molecule has 7 nitrogen and oxygen atoms in total. The van der Waals surface area contributed by atoms with E-state index < -0.39 is 23.6 Å². The van der Waals surface area contributed by atoms with Crippen LogP contribution in [0.25, 0.3) is 0 Å². The van der Waals surface area contributed by atoms with E-state index in [0.717, 1.165) is 30.9 Å². The molecule has 0 spiro atoms. The lowest BCUT2D eigenvalue weighted by molar-refractivity contribution is -0.119. The van der Waals surface area contributed by atoms with Crippen LogP contribution in [0.3, 0.4) is 0 Å². The minimum Gasteiger partial charge on any atom is -0.370 e. The summed E-state index contributed by atoms with van der Waals surface area (Å²) in [7, 11) is 4.05. The van der Waals surface area contributed by atoms with Crippen molar-refractivity contribution in [1.82, 2.24) is 15.2 Å². The van der Waals surface area contributed by atoms with Gasteiger partial charge in [0, 0.05) is 24.8 Å². The lowest BCUT2D eigenvalue weighted by atomic mass is 10.0. The van der Waals surface area contributed by atoms with Crippen LogP contribution in [0.15, 0.2) is 60.8 Å². The highest BCUT2D eigenvalue weighted by molar-refractivity contribution is 6.01. The number of nitrogens with one attached hydrogen (secondary N) is 3. The first-order chi connectivity index (χ1) is 16.8. The van der Waals surface area contributed by atoms with Gasteiger partial charge in [-0.15, -0.1) is 24.8 Å². The second-order valence-electron chi connectivity index (χ2n) is 8.42. The maximum atomic E-state index is 14.7. The number of aromatic nitrogens is 1. The molecule has 0 atom stereocenters. The Labute approximate surface area is 227 Å². The standard InChI is InChI=1S/C26H29F2N5O2.2ClH/c1-33(2)13-3-11-29-24-15-19(10-12-30-24)14-20-6-9-22(17-23(20)28)31-26(35)32-25(34)16-18-4-7-21(27)8-5-18;;/h4-10,12,15,17H,3,11,13-14,16H2,1-2H3,(H,29,30)(H2,31,32,34,35);2*1H. The van der Waals surface area contributed by atoms with Crippen LogP contribution in [-0.2, 0) is 17.6 Å². The lowest BCUT2D eigenvalue weighted by Crippen LogP contribution is -2.35. The van der Waals surface area contributed by atoms with Crippen molar-refractivity contribution in [3.8, 4) is 0 Å². The highest BCUT2D eigenvalue weighted by Gasteiger charge is 2.11. The number of nitrogens with zero attached hydrogens (tertiary/aromatic N) is 2. The van der Waals surface area contributed by atoms with E-state index in [1.807, 2.05) is 26.2 Å². The third kappa shape index (κ3) is 11.1. The molecule has 3 aromatic rings. The van der Waals surface area contributed by atoms with Crippen molar-refractivity contribution in [2.45, 2.75) is 19.3 Å². The summed E-state index contributed by atoms with van der Waals surface area (Å²) in [6.45, 7) is 1.76. The molecule has 0 saturated heterocycles. The van der Waals surface area contributed by atoms with Crippen molar-refractivity contribution in [3.05, 3.63) is 89.1 Å². The van der Waals surface area contributed by atoms with Crippen molar-refractivity contribution >= 4 is 48.3 Å². The first kappa shape index (κ1) is 31.8. The average Bonchev–Trinajstić information content (AvgIpc) is 2.80. The van der Waals surface area contributed by atoms with E-state index in [4.69, 9.17) is 0 Å². The Morgan fingerprint density at radius 1 is 0.946 bits per heavy atom. The minimum atomic E-state index is -0.775. The van der Waals surface area contributed by atoms with Gasteiger partial charge in [-0.3, -0.25) is 10.1 Å². The summed E-state index contributed by atoms with van der Waals surface area (Å²) in [5.74, 6) is -0.705. The fourth-order valence-corrected chi connectivity index (χ4v) is 3.40. The summed E-state index contributed by atoms with van der Waals surface area (Å²) >= 11 is 0. The fraction of sp³-hybridized carbons (Fsp3) is 0.269. The highest BCUT2D eigenvalue weighted by Crippen LogP contribution is 2.19. The molecule has 0 saturated carbocycles. The van der Waals surface area contributed by atoms with Gasteiger partial charge in [-0.25, -0.2) is 18.6 Å². The number of rotatable bonds is 10. The first-order valence-corrected chi connectivity index (χ1v) is 11.3. The largest absolute Gasteiger partial charge is 0.370 e. The number of hydrogen-bond acceptors (Lipinski definition) is 5. The van der Waals surface area contributed by atoms with Crippen molar-refractivity contribution in [2.75, 3.05) is 37.8 Å². The Kier molecular flexibility index (Phi) is 13.5. The number of urea groups is 1. The van der Waals surface area contributed by atoms with E-state index in [9.17, 15) is 18.4 Å². The van der Waals surface area contributed by atoms with Gasteiger partial charge >= 0.3 is 6.03 Å². The number of halogens is 4. The smallest absolute Gasteiger partial charge is 0.325 e. The summed E-state index contributed by atoms with van der Waals surface area (Å²) in [5.41, 5.74) is 2.15. The number of benzene rings is 2. The zero-order chi connectivity index (χ0) is 25.2. The van der Waals surface area contributed by atoms with E-state index in [1.54, 1.807) is 18.3 Å². The van der Waals surface area contributed by atoms with Crippen LogP contribution < -0.4 is 16.0 Å². The Morgan fingerprint density at radius 3 is 2.35 bits per heavy atom. The summed E-state index contributed by atoms with van der Waals surface area (Å²) in [4.78, 5) is 30.5. The number of amides is 3. The Balaban J connectivity index is 0.00000342. The van der Waals surface area contributed by atoms with Gasteiger partial charge in [0.15, 0.2) is 0 Å². The molecule has 11 heteroatoms. The van der Waals surface area contributed by atoms with Gasteiger partial charge in [0.2, 0.25) is 5.91 Å². The van der Waals surface area contributed by atoms with Gasteiger partial charge in [0.05, 0.1) is 6.42 Å². The molecule has 3 rings (SSSR count). The average molecular weight is 554 g/mol. The van der Waals surface area contributed by atoms with Crippen molar-refractivity contribution in [3.63, 3.8) is 0 Å². The van der Waals surface area contributed by atoms with Crippen molar-refractivity contribution in [1.29, 1.82) is 0 Å². The Hall–Kier alpha value is -3.27. The number of pyridine rings is 1. The van der Waals surface area contributed by atoms with Crippen LogP contribution >= 0.6 is 24.8 Å². The maximum absolute atomic E-state index is 14.7. The number of carbonyl (C=O) groups excluding carboxylic acids is 2. The normalized spacial score (nSPS) is 10.2. The zero-order valence-electron chi connectivity index (χ0n) is 20.6. The SMILES string of the molecule is CN(C)CCCNc1cc(Cc2ccc(NC(=O)NC(=O)Cc3ccc(F)cc3)cc2F)ccn1.Cl.Cl. The maximum Gasteiger partial charge on any atom is 0.325 e. The monoisotopic (exact) mass is 553 g/mol. The predicted octanol–water partition coefficient (Wildman–Crippen LogP) is 5.05. The quantitative estimate of drug-likeness (QED) is 0.306. The molecule has 0 fully saturated rings.